The van der Waals surface area contributed by atoms with Crippen molar-refractivity contribution in [3.05, 3.63) is 29.8 Å². The van der Waals surface area contributed by atoms with Crippen LogP contribution in [0.15, 0.2) is 29.2 Å². The molecule has 0 aliphatic heterocycles. The van der Waals surface area contributed by atoms with Crippen LogP contribution < -0.4 is 0 Å². The summed E-state index contributed by atoms with van der Waals surface area (Å²) in [6, 6.07) is 6.36. The average molecular weight is 272 g/mol. The second kappa shape index (κ2) is 7.50. The minimum Gasteiger partial charge on any atom is -0.478 e. The van der Waals surface area contributed by atoms with Crippen molar-refractivity contribution < 1.29 is 14.1 Å². The first-order chi connectivity index (χ1) is 8.15. The van der Waals surface area contributed by atoms with E-state index in [0.717, 1.165) is 17.9 Å². The molecule has 1 N–H and O–H groups in total. The number of benzene rings is 1. The molecule has 0 aliphatic rings. The zero-order valence-electron chi connectivity index (χ0n) is 9.72. The van der Waals surface area contributed by atoms with Crippen LogP contribution in [0.1, 0.15) is 23.7 Å². The monoisotopic (exact) mass is 272 g/mol. The van der Waals surface area contributed by atoms with E-state index in [2.05, 4.69) is 6.92 Å². The first-order valence-corrected chi connectivity index (χ1v) is 7.92. The van der Waals surface area contributed by atoms with Gasteiger partial charge in [-0.3, -0.25) is 4.21 Å². The lowest BCUT2D eigenvalue weighted by molar-refractivity contribution is 0.0696. The van der Waals surface area contributed by atoms with Crippen LogP contribution in [0, 0.1) is 0 Å². The molecule has 1 aromatic rings. The molecule has 1 aromatic carbocycles. The van der Waals surface area contributed by atoms with Crippen LogP contribution in [0.5, 0.6) is 0 Å². The molecule has 0 heterocycles. The maximum atomic E-state index is 11.9. The fourth-order valence-corrected chi connectivity index (χ4v) is 3.28. The Morgan fingerprint density at radius 3 is 2.88 bits per heavy atom. The van der Waals surface area contributed by atoms with Gasteiger partial charge in [0, 0.05) is 10.6 Å². The number of carbonyl (C=O) groups is 1. The van der Waals surface area contributed by atoms with E-state index in [0.29, 0.717) is 10.6 Å². The molecule has 0 amide bonds. The van der Waals surface area contributed by atoms with Crippen molar-refractivity contribution in [2.24, 2.45) is 0 Å². The highest BCUT2D eigenvalue weighted by molar-refractivity contribution is 7.99. The summed E-state index contributed by atoms with van der Waals surface area (Å²) in [5, 5.41) is 8.83. The normalized spacial score (nSPS) is 12.3. The summed E-state index contributed by atoms with van der Waals surface area (Å²) in [5.74, 6) is 1.68. The zero-order chi connectivity index (χ0) is 12.7. The Kier molecular flexibility index (Phi) is 6.29. The van der Waals surface area contributed by atoms with Crippen molar-refractivity contribution >= 4 is 28.5 Å². The first-order valence-electron chi connectivity index (χ1n) is 5.44. The minimum atomic E-state index is -1.09. The van der Waals surface area contributed by atoms with E-state index in [1.807, 2.05) is 11.8 Å². The van der Waals surface area contributed by atoms with Crippen molar-refractivity contribution in [1.82, 2.24) is 0 Å². The number of thioether (sulfide) groups is 1. The molecule has 0 spiro atoms. The number of rotatable bonds is 7. The Morgan fingerprint density at radius 2 is 2.24 bits per heavy atom. The fourth-order valence-electron chi connectivity index (χ4n) is 1.33. The van der Waals surface area contributed by atoms with Gasteiger partial charge in [0.25, 0.3) is 0 Å². The molecular formula is C12H16O3S2. The third kappa shape index (κ3) is 4.91. The molecule has 3 nitrogen and oxygen atoms in total. The molecular weight excluding hydrogens is 256 g/mol. The number of hydrogen-bond donors (Lipinski definition) is 1. The van der Waals surface area contributed by atoms with Crippen molar-refractivity contribution in [3.63, 3.8) is 0 Å². The molecule has 0 aliphatic carbocycles. The summed E-state index contributed by atoms with van der Waals surface area (Å²) in [6.45, 7) is 2.10. The van der Waals surface area contributed by atoms with Gasteiger partial charge in [0.2, 0.25) is 0 Å². The fraction of sp³-hybridized carbons (Fsp3) is 0.417. The van der Waals surface area contributed by atoms with E-state index in [9.17, 15) is 9.00 Å². The standard InChI is InChI=1S/C12H16O3S2/c1-2-16-7-4-8-17(15)11-6-3-5-10(9-11)12(13)14/h3,5-6,9H,2,4,7-8H2,1H3,(H,13,14). The van der Waals surface area contributed by atoms with E-state index < -0.39 is 16.8 Å². The topological polar surface area (TPSA) is 54.4 Å². The molecule has 0 radical (unpaired) electrons. The second-order valence-corrected chi connectivity index (χ2v) is 6.40. The minimum absolute atomic E-state index is 0.193. The maximum Gasteiger partial charge on any atom is 0.335 e. The molecule has 1 unspecified atom stereocenters. The molecule has 5 heteroatoms. The van der Waals surface area contributed by atoms with Crippen molar-refractivity contribution in [2.75, 3.05) is 17.3 Å². The summed E-state index contributed by atoms with van der Waals surface area (Å²) in [5.41, 5.74) is 0.193. The Hall–Kier alpha value is -0.810. The van der Waals surface area contributed by atoms with Gasteiger partial charge in [-0.1, -0.05) is 13.0 Å². The molecule has 0 aromatic heterocycles. The molecule has 0 saturated carbocycles. The van der Waals surface area contributed by atoms with Crippen LogP contribution in [-0.2, 0) is 10.8 Å². The van der Waals surface area contributed by atoms with Crippen LogP contribution in [0.4, 0.5) is 0 Å². The number of carboxylic acid groups (broad SMARTS) is 1. The highest BCUT2D eigenvalue weighted by Crippen LogP contribution is 2.12. The van der Waals surface area contributed by atoms with Gasteiger partial charge >= 0.3 is 5.97 Å². The van der Waals surface area contributed by atoms with Crippen LogP contribution in [-0.4, -0.2) is 32.5 Å². The average Bonchev–Trinajstić information content (AvgIpc) is 2.34. The summed E-state index contributed by atoms with van der Waals surface area (Å²) in [7, 11) is -1.09. The summed E-state index contributed by atoms with van der Waals surface area (Å²) in [6.07, 6.45) is 0.891. The molecule has 1 atom stereocenters. The number of carboxylic acids is 1. The summed E-state index contributed by atoms with van der Waals surface area (Å²) in [4.78, 5) is 11.4. The largest absolute Gasteiger partial charge is 0.478 e. The predicted molar refractivity (Wildman–Crippen MR) is 72.3 cm³/mol. The summed E-state index contributed by atoms with van der Waals surface area (Å²) < 4.78 is 11.9. The van der Waals surface area contributed by atoms with Gasteiger partial charge in [0.05, 0.1) is 16.4 Å². The van der Waals surface area contributed by atoms with Crippen LogP contribution in [0.25, 0.3) is 0 Å². The molecule has 0 bridgehead atoms. The Labute approximate surface area is 108 Å². The van der Waals surface area contributed by atoms with Gasteiger partial charge in [-0.2, -0.15) is 11.8 Å². The van der Waals surface area contributed by atoms with Crippen molar-refractivity contribution in [3.8, 4) is 0 Å². The Morgan fingerprint density at radius 1 is 1.47 bits per heavy atom. The maximum absolute atomic E-state index is 11.9. The molecule has 94 valence electrons. The van der Waals surface area contributed by atoms with Gasteiger partial charge in [-0.15, -0.1) is 0 Å². The lowest BCUT2D eigenvalue weighted by Crippen LogP contribution is -2.02. The highest BCUT2D eigenvalue weighted by Gasteiger charge is 2.07. The van der Waals surface area contributed by atoms with E-state index in [1.165, 1.54) is 12.1 Å². The molecule has 0 saturated heterocycles. The van der Waals surface area contributed by atoms with E-state index >= 15 is 0 Å². The van der Waals surface area contributed by atoms with Crippen molar-refractivity contribution in [1.29, 1.82) is 0 Å². The molecule has 17 heavy (non-hydrogen) atoms. The van der Waals surface area contributed by atoms with Crippen LogP contribution in [0.3, 0.4) is 0 Å². The zero-order valence-corrected chi connectivity index (χ0v) is 11.4. The van der Waals surface area contributed by atoms with E-state index in [4.69, 9.17) is 5.11 Å². The van der Waals surface area contributed by atoms with E-state index in [-0.39, 0.29) is 5.56 Å². The van der Waals surface area contributed by atoms with Gasteiger partial charge < -0.3 is 5.11 Å². The smallest absolute Gasteiger partial charge is 0.335 e. The van der Waals surface area contributed by atoms with Gasteiger partial charge in [0.15, 0.2) is 0 Å². The van der Waals surface area contributed by atoms with Crippen LogP contribution in [0.2, 0.25) is 0 Å². The number of hydrogen-bond acceptors (Lipinski definition) is 3. The van der Waals surface area contributed by atoms with Gasteiger partial charge in [-0.05, 0) is 36.1 Å². The third-order valence-corrected chi connectivity index (χ3v) is 4.59. The molecule has 0 fully saturated rings. The first kappa shape index (κ1) is 14.3. The van der Waals surface area contributed by atoms with Gasteiger partial charge in [-0.25, -0.2) is 4.79 Å². The predicted octanol–water partition coefficient (Wildman–Crippen LogP) is 2.64. The van der Waals surface area contributed by atoms with E-state index in [1.54, 1.807) is 12.1 Å². The summed E-state index contributed by atoms with van der Waals surface area (Å²) >= 11 is 1.82. The van der Waals surface area contributed by atoms with Crippen molar-refractivity contribution in [2.45, 2.75) is 18.2 Å². The Balaban J connectivity index is 2.56. The quantitative estimate of drug-likeness (QED) is 0.775. The lowest BCUT2D eigenvalue weighted by Gasteiger charge is -2.03. The molecule has 1 rings (SSSR count). The number of aromatic carboxylic acids is 1. The Bertz CT molecular complexity index is 404. The second-order valence-electron chi connectivity index (χ2n) is 3.43. The lowest BCUT2D eigenvalue weighted by atomic mass is 10.2. The third-order valence-electron chi connectivity index (χ3n) is 2.17. The SMILES string of the molecule is CCSCCCS(=O)c1cccc(C(=O)O)c1. The van der Waals surface area contributed by atoms with Gasteiger partial charge in [0.1, 0.15) is 0 Å². The van der Waals surface area contributed by atoms with Crippen LogP contribution >= 0.6 is 11.8 Å². The highest BCUT2D eigenvalue weighted by atomic mass is 32.2.